The first-order chi connectivity index (χ1) is 7.24. The van der Waals surface area contributed by atoms with Crippen molar-refractivity contribution < 1.29 is 4.79 Å². The van der Waals surface area contributed by atoms with Gasteiger partial charge in [0.2, 0.25) is 5.91 Å². The number of unbranched alkanes of at least 4 members (excludes halogenated alkanes) is 1. The smallest absolute Gasteiger partial charge is 0.221 e. The highest BCUT2D eigenvalue weighted by molar-refractivity contribution is 5.76. The van der Waals surface area contributed by atoms with Gasteiger partial charge in [-0.1, -0.05) is 43.7 Å². The molecular formula is C12H18N2O. The number of hydrogen-bond donors (Lipinski definition) is 2. The lowest BCUT2D eigenvalue weighted by Crippen LogP contribution is -2.33. The Morgan fingerprint density at radius 2 is 2.07 bits per heavy atom. The van der Waals surface area contributed by atoms with Crippen LogP contribution in [-0.4, -0.2) is 5.91 Å². The average Bonchev–Trinajstić information content (AvgIpc) is 2.27. The maximum Gasteiger partial charge on any atom is 0.221 e. The zero-order valence-electron chi connectivity index (χ0n) is 9.07. The van der Waals surface area contributed by atoms with Crippen molar-refractivity contribution in [1.29, 1.82) is 0 Å². The van der Waals surface area contributed by atoms with Crippen LogP contribution < -0.4 is 11.1 Å². The van der Waals surface area contributed by atoms with Crippen LogP contribution in [0.4, 0.5) is 0 Å². The van der Waals surface area contributed by atoms with Crippen LogP contribution in [0.3, 0.4) is 0 Å². The van der Waals surface area contributed by atoms with E-state index >= 15 is 0 Å². The van der Waals surface area contributed by atoms with E-state index in [0.29, 0.717) is 6.42 Å². The van der Waals surface area contributed by atoms with E-state index in [1.54, 1.807) is 0 Å². The Kier molecular flexibility index (Phi) is 4.84. The number of nitrogens with two attached hydrogens (primary N) is 1. The van der Waals surface area contributed by atoms with E-state index in [1.165, 1.54) is 0 Å². The van der Waals surface area contributed by atoms with Crippen LogP contribution in [0.5, 0.6) is 0 Å². The molecule has 0 heterocycles. The Hall–Kier alpha value is -1.35. The van der Waals surface area contributed by atoms with Gasteiger partial charge in [-0.05, 0) is 12.0 Å². The second kappa shape index (κ2) is 6.19. The van der Waals surface area contributed by atoms with Gasteiger partial charge < -0.3 is 11.1 Å². The normalized spacial score (nSPS) is 12.1. The second-order valence-electron chi connectivity index (χ2n) is 3.56. The molecule has 1 atom stereocenters. The van der Waals surface area contributed by atoms with Gasteiger partial charge in [0.25, 0.3) is 0 Å². The molecule has 0 aliphatic heterocycles. The molecule has 15 heavy (non-hydrogen) atoms. The first-order valence-corrected chi connectivity index (χ1v) is 5.34. The summed E-state index contributed by atoms with van der Waals surface area (Å²) in [5, 5.41) is 2.77. The van der Waals surface area contributed by atoms with Crippen LogP contribution >= 0.6 is 0 Å². The zero-order chi connectivity index (χ0) is 11.1. The lowest BCUT2D eigenvalue weighted by molar-refractivity contribution is -0.121. The van der Waals surface area contributed by atoms with E-state index in [-0.39, 0.29) is 5.91 Å². The van der Waals surface area contributed by atoms with Gasteiger partial charge in [-0.2, -0.15) is 0 Å². The molecule has 0 fully saturated rings. The summed E-state index contributed by atoms with van der Waals surface area (Å²) in [5.74, 6) is 0.0215. The molecule has 0 aromatic heterocycles. The van der Waals surface area contributed by atoms with E-state index in [2.05, 4.69) is 12.2 Å². The fraction of sp³-hybridized carbons (Fsp3) is 0.417. The monoisotopic (exact) mass is 206 g/mol. The molecule has 1 aromatic rings. The molecule has 0 bridgehead atoms. The van der Waals surface area contributed by atoms with E-state index in [1.807, 2.05) is 30.3 Å². The zero-order valence-corrected chi connectivity index (χ0v) is 9.07. The molecule has 3 heteroatoms. The van der Waals surface area contributed by atoms with Gasteiger partial charge in [0.1, 0.15) is 6.17 Å². The molecule has 0 aliphatic carbocycles. The van der Waals surface area contributed by atoms with Crippen LogP contribution in [0.15, 0.2) is 30.3 Å². The van der Waals surface area contributed by atoms with E-state index < -0.39 is 6.17 Å². The summed E-state index contributed by atoms with van der Waals surface area (Å²) in [7, 11) is 0. The molecule has 0 radical (unpaired) electrons. The van der Waals surface area contributed by atoms with E-state index in [0.717, 1.165) is 18.4 Å². The predicted molar refractivity (Wildman–Crippen MR) is 61.0 cm³/mol. The van der Waals surface area contributed by atoms with Crippen molar-refractivity contribution in [1.82, 2.24) is 5.32 Å². The topological polar surface area (TPSA) is 55.1 Å². The summed E-state index contributed by atoms with van der Waals surface area (Å²) < 4.78 is 0. The fourth-order valence-corrected chi connectivity index (χ4v) is 1.33. The average molecular weight is 206 g/mol. The third-order valence-corrected chi connectivity index (χ3v) is 2.23. The standard InChI is InChI=1S/C12H18N2O/c1-2-3-9-11(15)14-12(13)10-7-5-4-6-8-10/h4-8,12H,2-3,9,13H2,1H3,(H,14,15). The molecule has 0 saturated heterocycles. The molecule has 0 spiro atoms. The van der Waals surface area contributed by atoms with Crippen LogP contribution in [0.2, 0.25) is 0 Å². The van der Waals surface area contributed by atoms with Crippen molar-refractivity contribution >= 4 is 5.91 Å². The van der Waals surface area contributed by atoms with Crippen LogP contribution in [-0.2, 0) is 4.79 Å². The Morgan fingerprint density at radius 1 is 1.40 bits per heavy atom. The number of rotatable bonds is 5. The second-order valence-corrected chi connectivity index (χ2v) is 3.56. The van der Waals surface area contributed by atoms with Crippen molar-refractivity contribution in [3.63, 3.8) is 0 Å². The number of amides is 1. The highest BCUT2D eigenvalue weighted by Crippen LogP contribution is 2.06. The molecule has 0 saturated carbocycles. The minimum absolute atomic E-state index is 0.0215. The lowest BCUT2D eigenvalue weighted by atomic mass is 10.1. The van der Waals surface area contributed by atoms with Crippen molar-refractivity contribution in [3.8, 4) is 0 Å². The van der Waals surface area contributed by atoms with Gasteiger partial charge >= 0.3 is 0 Å². The Morgan fingerprint density at radius 3 is 2.67 bits per heavy atom. The largest absolute Gasteiger partial charge is 0.337 e. The number of nitrogens with one attached hydrogen (secondary N) is 1. The molecule has 0 aliphatic rings. The minimum atomic E-state index is -0.393. The first-order valence-electron chi connectivity index (χ1n) is 5.34. The van der Waals surface area contributed by atoms with Gasteiger partial charge in [0, 0.05) is 6.42 Å². The Bertz CT molecular complexity index is 298. The highest BCUT2D eigenvalue weighted by atomic mass is 16.1. The van der Waals surface area contributed by atoms with Gasteiger partial charge in [-0.25, -0.2) is 0 Å². The first kappa shape index (κ1) is 11.7. The summed E-state index contributed by atoms with van der Waals surface area (Å²) in [6.45, 7) is 2.06. The number of carbonyl (C=O) groups is 1. The summed E-state index contributed by atoms with van der Waals surface area (Å²) >= 11 is 0. The number of carbonyl (C=O) groups excluding carboxylic acids is 1. The Balaban J connectivity index is 2.42. The molecule has 1 aromatic carbocycles. The maximum atomic E-state index is 11.4. The highest BCUT2D eigenvalue weighted by Gasteiger charge is 2.08. The summed E-state index contributed by atoms with van der Waals surface area (Å²) in [6.07, 6.45) is 2.09. The molecule has 1 unspecified atom stereocenters. The fourth-order valence-electron chi connectivity index (χ4n) is 1.33. The summed E-state index contributed by atoms with van der Waals surface area (Å²) in [4.78, 5) is 11.4. The molecule has 1 amide bonds. The summed E-state index contributed by atoms with van der Waals surface area (Å²) in [5.41, 5.74) is 6.77. The van der Waals surface area contributed by atoms with E-state index in [4.69, 9.17) is 5.73 Å². The quantitative estimate of drug-likeness (QED) is 0.723. The molecule has 1 rings (SSSR count). The molecule has 3 N–H and O–H groups in total. The van der Waals surface area contributed by atoms with Crippen LogP contribution in [0.1, 0.15) is 37.9 Å². The molecular weight excluding hydrogens is 188 g/mol. The molecule has 82 valence electrons. The van der Waals surface area contributed by atoms with Crippen molar-refractivity contribution in [2.45, 2.75) is 32.4 Å². The third kappa shape index (κ3) is 4.13. The van der Waals surface area contributed by atoms with Crippen LogP contribution in [0.25, 0.3) is 0 Å². The minimum Gasteiger partial charge on any atom is -0.337 e. The van der Waals surface area contributed by atoms with Gasteiger partial charge in [-0.15, -0.1) is 0 Å². The van der Waals surface area contributed by atoms with Crippen molar-refractivity contribution in [2.75, 3.05) is 0 Å². The molecule has 3 nitrogen and oxygen atoms in total. The van der Waals surface area contributed by atoms with Crippen LogP contribution in [0, 0.1) is 0 Å². The summed E-state index contributed by atoms with van der Waals surface area (Å²) in [6, 6.07) is 9.56. The van der Waals surface area contributed by atoms with E-state index in [9.17, 15) is 4.79 Å². The van der Waals surface area contributed by atoms with Gasteiger partial charge in [0.15, 0.2) is 0 Å². The number of hydrogen-bond acceptors (Lipinski definition) is 2. The van der Waals surface area contributed by atoms with Crippen molar-refractivity contribution in [3.05, 3.63) is 35.9 Å². The Labute approximate surface area is 90.7 Å². The maximum absolute atomic E-state index is 11.4. The predicted octanol–water partition coefficient (Wildman–Crippen LogP) is 1.95. The lowest BCUT2D eigenvalue weighted by Gasteiger charge is -2.13. The van der Waals surface area contributed by atoms with Crippen molar-refractivity contribution in [2.24, 2.45) is 5.73 Å². The van der Waals surface area contributed by atoms with Gasteiger partial charge in [0.05, 0.1) is 0 Å². The third-order valence-electron chi connectivity index (χ3n) is 2.23. The number of benzene rings is 1. The van der Waals surface area contributed by atoms with Gasteiger partial charge in [-0.3, -0.25) is 4.79 Å². The SMILES string of the molecule is CCCCC(=O)NC(N)c1ccccc1.